The van der Waals surface area contributed by atoms with Crippen LogP contribution in [-0.2, 0) is 9.59 Å². The van der Waals surface area contributed by atoms with Gasteiger partial charge in [0.1, 0.15) is 0 Å². The van der Waals surface area contributed by atoms with Gasteiger partial charge in [0.15, 0.2) is 11.6 Å². The molecule has 6 rings (SSSR count). The molecule has 6 nitrogen and oxygen atoms in total. The second-order valence-corrected chi connectivity index (χ2v) is 16.9. The van der Waals surface area contributed by atoms with Crippen LogP contribution in [0.4, 0.5) is 4.79 Å². The van der Waals surface area contributed by atoms with Crippen LogP contribution in [0.3, 0.4) is 0 Å². The summed E-state index contributed by atoms with van der Waals surface area (Å²) in [5, 5.41) is 3.61. The van der Waals surface area contributed by atoms with Gasteiger partial charge >= 0.3 is 6.03 Å². The number of piperidine rings is 1. The Labute approximate surface area is 252 Å². The molecule has 0 aromatic heterocycles. The second kappa shape index (κ2) is 9.29. The summed E-state index contributed by atoms with van der Waals surface area (Å²) in [4.78, 5) is 47.4. The molecule has 5 aliphatic carbocycles. The lowest BCUT2D eigenvalue weighted by atomic mass is 9.35. The lowest BCUT2D eigenvalue weighted by molar-refractivity contribution is -0.160. The molecule has 6 heteroatoms. The Bertz CT molecular complexity index is 1330. The minimum Gasteiger partial charge on any atom is -0.332 e. The molecule has 1 saturated heterocycles. The number of Topliss-reactive ketones (excluding diaryl/α,β-unsaturated/α-hetero) is 1. The summed E-state index contributed by atoms with van der Waals surface area (Å²) in [5.74, 6) is 0.101. The molecule has 0 spiro atoms. The van der Waals surface area contributed by atoms with Crippen LogP contribution in [0.5, 0.6) is 0 Å². The Balaban J connectivity index is 1.45. The highest BCUT2D eigenvalue weighted by Crippen LogP contribution is 2.73. The number of ketones is 2. The van der Waals surface area contributed by atoms with Crippen molar-refractivity contribution in [1.29, 1.82) is 0 Å². The monoisotopic (exact) mass is 573 g/mol. The van der Waals surface area contributed by atoms with E-state index in [2.05, 4.69) is 44.8 Å². The van der Waals surface area contributed by atoms with Gasteiger partial charge in [-0.3, -0.25) is 4.79 Å². The molecule has 7 atom stereocenters. The van der Waals surface area contributed by atoms with Crippen LogP contribution in [0.2, 0.25) is 0 Å². The number of fused-ring (bicyclic) bond motifs is 7. The number of nitrogens with zero attached hydrogens (tertiary/aromatic N) is 2. The Kier molecular flexibility index (Phi) is 6.56. The van der Waals surface area contributed by atoms with Crippen molar-refractivity contribution in [2.45, 2.75) is 118 Å². The van der Waals surface area contributed by atoms with E-state index in [1.165, 1.54) is 6.42 Å². The maximum atomic E-state index is 14.7. The molecule has 2 amide bonds. The summed E-state index contributed by atoms with van der Waals surface area (Å²) in [7, 11) is 0. The number of nitrogens with one attached hydrogen (secondary N) is 1. The van der Waals surface area contributed by atoms with Crippen molar-refractivity contribution in [3.05, 3.63) is 34.8 Å². The van der Waals surface area contributed by atoms with E-state index >= 15 is 0 Å². The number of rotatable bonds is 1. The van der Waals surface area contributed by atoms with Crippen LogP contribution >= 0.6 is 0 Å². The highest BCUT2D eigenvalue weighted by atomic mass is 16.2. The normalized spacial score (nSPS) is 43.9. The van der Waals surface area contributed by atoms with Crippen molar-refractivity contribution in [1.82, 2.24) is 10.2 Å². The van der Waals surface area contributed by atoms with Crippen molar-refractivity contribution in [2.75, 3.05) is 13.1 Å². The molecular formula is C36H51N3O3. The second-order valence-electron chi connectivity index (χ2n) is 16.9. The SMILES string of the molecule is [C-]#[N+]C1=C[C@]2(C)C3=CC(=O)C4C5CC(C)(C)CC[C@]5(NC(=O)N5CCCCC5)CC[C@@]4(C)[C@]3(C)CC[C@H]2C(C)(C)C1=O. The number of allylic oxidation sites excluding steroid dienone is 4. The van der Waals surface area contributed by atoms with Gasteiger partial charge in [0.25, 0.3) is 0 Å². The molecule has 2 unspecified atom stereocenters. The van der Waals surface area contributed by atoms with Gasteiger partial charge < -0.3 is 15.0 Å². The van der Waals surface area contributed by atoms with Gasteiger partial charge in [-0.1, -0.05) is 60.1 Å². The van der Waals surface area contributed by atoms with Gasteiger partial charge in [0.05, 0.1) is 6.57 Å². The molecule has 0 radical (unpaired) electrons. The van der Waals surface area contributed by atoms with Crippen LogP contribution in [0.15, 0.2) is 23.4 Å². The summed E-state index contributed by atoms with van der Waals surface area (Å²) < 4.78 is 0. The molecular weight excluding hydrogens is 522 g/mol. The molecule has 6 aliphatic rings. The van der Waals surface area contributed by atoms with Crippen molar-refractivity contribution in [2.24, 2.45) is 44.8 Å². The van der Waals surface area contributed by atoms with Crippen molar-refractivity contribution in [3.63, 3.8) is 0 Å². The van der Waals surface area contributed by atoms with E-state index in [1.54, 1.807) is 0 Å². The number of urea groups is 1. The molecule has 3 saturated carbocycles. The minimum absolute atomic E-state index is 0.0513. The Morgan fingerprint density at radius 1 is 0.952 bits per heavy atom. The van der Waals surface area contributed by atoms with Crippen LogP contribution in [-0.4, -0.2) is 41.1 Å². The Morgan fingerprint density at radius 2 is 1.62 bits per heavy atom. The molecule has 1 N–H and O–H groups in total. The van der Waals surface area contributed by atoms with E-state index in [0.29, 0.717) is 0 Å². The summed E-state index contributed by atoms with van der Waals surface area (Å²) in [6.07, 6.45) is 13.7. The summed E-state index contributed by atoms with van der Waals surface area (Å²) in [6.45, 7) is 25.0. The van der Waals surface area contributed by atoms with Gasteiger partial charge in [-0.2, -0.15) is 0 Å². The molecule has 0 bridgehead atoms. The smallest absolute Gasteiger partial charge is 0.317 e. The topological polar surface area (TPSA) is 70.8 Å². The van der Waals surface area contributed by atoms with E-state index in [-0.39, 0.29) is 62.8 Å². The molecule has 1 heterocycles. The fraction of sp³-hybridized carbons (Fsp3) is 0.778. The predicted molar refractivity (Wildman–Crippen MR) is 164 cm³/mol. The lowest BCUT2D eigenvalue weighted by Gasteiger charge is -2.69. The van der Waals surface area contributed by atoms with E-state index < -0.39 is 10.8 Å². The number of carbonyl (C=O) groups is 3. The summed E-state index contributed by atoms with van der Waals surface area (Å²) in [5.41, 5.74) is -0.561. The average Bonchev–Trinajstić information content (AvgIpc) is 2.93. The maximum Gasteiger partial charge on any atom is 0.317 e. The summed E-state index contributed by atoms with van der Waals surface area (Å²) >= 11 is 0. The van der Waals surface area contributed by atoms with Crippen LogP contribution < -0.4 is 5.32 Å². The first-order valence-electron chi connectivity index (χ1n) is 16.5. The molecule has 0 aromatic carbocycles. The number of likely N-dealkylation sites (tertiary alicyclic amines) is 1. The molecule has 42 heavy (non-hydrogen) atoms. The first kappa shape index (κ1) is 29.6. The molecule has 0 aromatic rings. The zero-order valence-corrected chi connectivity index (χ0v) is 27.0. The fourth-order valence-electron chi connectivity index (χ4n) is 11.2. The quantitative estimate of drug-likeness (QED) is 0.330. The zero-order chi connectivity index (χ0) is 30.5. The van der Waals surface area contributed by atoms with Gasteiger partial charge in [-0.05, 0) is 98.4 Å². The lowest BCUT2D eigenvalue weighted by Crippen LogP contribution is -2.70. The average molecular weight is 574 g/mol. The Morgan fingerprint density at radius 3 is 2.29 bits per heavy atom. The molecule has 4 fully saturated rings. The maximum absolute atomic E-state index is 14.7. The van der Waals surface area contributed by atoms with Crippen molar-refractivity contribution in [3.8, 4) is 0 Å². The predicted octanol–water partition coefficient (Wildman–Crippen LogP) is 7.51. The third kappa shape index (κ3) is 3.90. The fourth-order valence-corrected chi connectivity index (χ4v) is 11.2. The van der Waals surface area contributed by atoms with Crippen molar-refractivity contribution >= 4 is 17.6 Å². The van der Waals surface area contributed by atoms with Crippen LogP contribution in [0.25, 0.3) is 4.85 Å². The zero-order valence-electron chi connectivity index (χ0n) is 27.0. The summed E-state index contributed by atoms with van der Waals surface area (Å²) in [6, 6.07) is 0.0626. The van der Waals surface area contributed by atoms with E-state index in [4.69, 9.17) is 6.57 Å². The Hall–Kier alpha value is -2.42. The van der Waals surface area contributed by atoms with Gasteiger partial charge in [-0.15, -0.1) is 0 Å². The molecule has 1 aliphatic heterocycles. The molecule has 228 valence electrons. The number of amides is 2. The van der Waals surface area contributed by atoms with Gasteiger partial charge in [0.2, 0.25) is 5.70 Å². The van der Waals surface area contributed by atoms with Crippen LogP contribution in [0.1, 0.15) is 113 Å². The highest BCUT2D eigenvalue weighted by molar-refractivity contribution is 6.03. The van der Waals surface area contributed by atoms with Crippen molar-refractivity contribution < 1.29 is 14.4 Å². The highest BCUT2D eigenvalue weighted by Gasteiger charge is 2.70. The number of carbonyl (C=O) groups excluding carboxylic acids is 3. The number of hydrogen-bond donors (Lipinski definition) is 1. The van der Waals surface area contributed by atoms with Crippen LogP contribution in [0, 0.1) is 51.4 Å². The van der Waals surface area contributed by atoms with E-state index in [1.807, 2.05) is 30.9 Å². The minimum atomic E-state index is -0.653. The first-order chi connectivity index (χ1) is 19.5. The first-order valence-corrected chi connectivity index (χ1v) is 16.5. The van der Waals surface area contributed by atoms with Gasteiger partial charge in [-0.25, -0.2) is 9.64 Å². The van der Waals surface area contributed by atoms with E-state index in [9.17, 15) is 14.4 Å². The third-order valence-corrected chi connectivity index (χ3v) is 13.8. The number of hydrogen-bond acceptors (Lipinski definition) is 3. The largest absolute Gasteiger partial charge is 0.332 e. The standard InChI is InChI=1S/C36H51N3O3/c1-31(2)14-16-36(38-30(42)39-18-10-9-11-19-39)17-15-35(7)28(23(36)21-31)25(40)20-27-33(5)22-24(37-8)29(41)32(3,4)26(33)12-13-34(27,35)6/h20,22-23,26,28H,9-19,21H2,1-7H3,(H,38,42)/t23?,26-,28?,33-,34+,35+,36-/m0/s1. The third-order valence-electron chi connectivity index (χ3n) is 13.8. The van der Waals surface area contributed by atoms with E-state index in [0.717, 1.165) is 76.5 Å². The van der Waals surface area contributed by atoms with Gasteiger partial charge in [0, 0.05) is 35.4 Å².